The number of nitrogens with zero attached hydrogens (tertiary/aromatic N) is 1. The van der Waals surface area contributed by atoms with Crippen LogP contribution >= 0.6 is 0 Å². The van der Waals surface area contributed by atoms with Gasteiger partial charge in [-0.1, -0.05) is 37.6 Å². The van der Waals surface area contributed by atoms with Gasteiger partial charge < -0.3 is 18.7 Å². The number of ether oxygens (including phenoxy) is 3. The van der Waals surface area contributed by atoms with Crippen molar-refractivity contribution in [2.75, 3.05) is 41.0 Å². The third-order valence-corrected chi connectivity index (χ3v) is 4.67. The molecule has 28 heavy (non-hydrogen) atoms. The van der Waals surface area contributed by atoms with Crippen molar-refractivity contribution in [2.45, 2.75) is 46.8 Å². The van der Waals surface area contributed by atoms with Crippen molar-refractivity contribution in [3.63, 3.8) is 0 Å². The molecule has 1 aromatic carbocycles. The van der Waals surface area contributed by atoms with E-state index in [9.17, 15) is 9.59 Å². The number of hydrogen-bond donors (Lipinski definition) is 0. The molecule has 1 rings (SSSR count). The van der Waals surface area contributed by atoms with Gasteiger partial charge in [-0.15, -0.1) is 0 Å². The van der Waals surface area contributed by atoms with E-state index in [1.54, 1.807) is 6.92 Å². The van der Waals surface area contributed by atoms with E-state index in [1.165, 1.54) is 32.4 Å². The minimum absolute atomic E-state index is 0.0707. The number of hydrogen-bond acceptors (Lipinski definition) is 5. The molecule has 0 aliphatic carbocycles. The van der Waals surface area contributed by atoms with Gasteiger partial charge in [-0.2, -0.15) is 0 Å². The summed E-state index contributed by atoms with van der Waals surface area (Å²) in [5.41, 5.74) is 1.15. The minimum Gasteiger partial charge on any atom is -0.465 e. The summed E-state index contributed by atoms with van der Waals surface area (Å²) in [6.07, 6.45) is 2.42. The largest absolute Gasteiger partial charge is 0.465 e. The van der Waals surface area contributed by atoms with E-state index >= 15 is 0 Å². The number of quaternary nitrogens is 1. The number of unbranched alkanes of at least 4 members (excludes halogenated alkanes) is 1. The third-order valence-electron chi connectivity index (χ3n) is 4.67. The van der Waals surface area contributed by atoms with Gasteiger partial charge >= 0.3 is 11.9 Å². The zero-order chi connectivity index (χ0) is 21.2. The van der Waals surface area contributed by atoms with Gasteiger partial charge in [0.25, 0.3) is 0 Å². The van der Waals surface area contributed by atoms with Crippen molar-refractivity contribution in [3.8, 4) is 0 Å². The Kier molecular flexibility index (Phi) is 9.62. The van der Waals surface area contributed by atoms with Crippen molar-refractivity contribution in [1.82, 2.24) is 0 Å². The Bertz CT molecular complexity index is 626. The zero-order valence-corrected chi connectivity index (χ0v) is 18.2. The summed E-state index contributed by atoms with van der Waals surface area (Å²) >= 11 is 0. The topological polar surface area (TPSA) is 61.8 Å². The average molecular weight is 395 g/mol. The van der Waals surface area contributed by atoms with E-state index in [-0.39, 0.29) is 19.8 Å². The van der Waals surface area contributed by atoms with Gasteiger partial charge in [0.2, 0.25) is 0 Å². The number of rotatable bonds is 12. The summed E-state index contributed by atoms with van der Waals surface area (Å²) < 4.78 is 16.5. The molecular weight excluding hydrogens is 358 g/mol. The quantitative estimate of drug-likeness (QED) is 0.402. The van der Waals surface area contributed by atoms with Crippen molar-refractivity contribution < 1.29 is 28.3 Å². The lowest BCUT2D eigenvalue weighted by atomic mass is 9.93. The number of benzene rings is 1. The van der Waals surface area contributed by atoms with Crippen LogP contribution in [0.5, 0.6) is 0 Å². The second-order valence-electron chi connectivity index (χ2n) is 8.34. The molecule has 0 radical (unpaired) electrons. The Morgan fingerprint density at radius 3 is 2.18 bits per heavy atom. The molecule has 0 N–H and O–H groups in total. The highest BCUT2D eigenvalue weighted by atomic mass is 16.6. The second-order valence-corrected chi connectivity index (χ2v) is 8.34. The standard InChI is InChI=1S/C22H36NO5/c1-7-8-13-23(4,5)14-19-9-11-20(12-10-19)15-27-21(25)22(3,16-26-6)17-28-18(2)24/h9-12H,7-8,13-17H2,1-6H3/q+1. The first kappa shape index (κ1) is 24.1. The average Bonchev–Trinajstić information content (AvgIpc) is 2.64. The molecular formula is C22H36NO5+. The molecule has 6 nitrogen and oxygen atoms in total. The van der Waals surface area contributed by atoms with E-state index in [0.29, 0.717) is 0 Å². The lowest BCUT2D eigenvalue weighted by molar-refractivity contribution is -0.903. The second kappa shape index (κ2) is 11.2. The zero-order valence-electron chi connectivity index (χ0n) is 18.2. The highest BCUT2D eigenvalue weighted by molar-refractivity contribution is 5.77. The molecule has 1 unspecified atom stereocenters. The molecule has 0 heterocycles. The first-order valence-corrected chi connectivity index (χ1v) is 9.81. The Hall–Kier alpha value is -1.92. The van der Waals surface area contributed by atoms with Gasteiger partial charge in [0, 0.05) is 19.6 Å². The predicted molar refractivity (Wildman–Crippen MR) is 108 cm³/mol. The van der Waals surface area contributed by atoms with Crippen LogP contribution in [0.3, 0.4) is 0 Å². The molecule has 0 bridgehead atoms. The maximum atomic E-state index is 12.5. The van der Waals surface area contributed by atoms with Crippen LogP contribution in [-0.2, 0) is 37.0 Å². The summed E-state index contributed by atoms with van der Waals surface area (Å²) in [6.45, 7) is 7.52. The van der Waals surface area contributed by atoms with Gasteiger partial charge in [0.15, 0.2) is 0 Å². The van der Waals surface area contributed by atoms with Crippen molar-refractivity contribution >= 4 is 11.9 Å². The molecule has 0 aromatic heterocycles. The number of carbonyl (C=O) groups is 2. The molecule has 0 spiro atoms. The number of esters is 2. The van der Waals surface area contributed by atoms with Crippen molar-refractivity contribution in [3.05, 3.63) is 35.4 Å². The van der Waals surface area contributed by atoms with E-state index in [2.05, 4.69) is 33.2 Å². The van der Waals surface area contributed by atoms with Gasteiger partial charge in [-0.05, 0) is 18.9 Å². The van der Waals surface area contributed by atoms with Crippen LogP contribution in [-0.4, -0.2) is 57.4 Å². The number of carbonyl (C=O) groups excluding carboxylic acids is 2. The Balaban J connectivity index is 2.63. The van der Waals surface area contributed by atoms with Crippen LogP contribution in [0.2, 0.25) is 0 Å². The highest BCUT2D eigenvalue weighted by Gasteiger charge is 2.36. The van der Waals surface area contributed by atoms with Crippen molar-refractivity contribution in [2.24, 2.45) is 5.41 Å². The summed E-state index contributed by atoms with van der Waals surface area (Å²) in [4.78, 5) is 23.6. The van der Waals surface area contributed by atoms with Gasteiger partial charge in [0.05, 0.1) is 27.2 Å². The van der Waals surface area contributed by atoms with Gasteiger partial charge in [0.1, 0.15) is 25.2 Å². The maximum absolute atomic E-state index is 12.5. The maximum Gasteiger partial charge on any atom is 0.317 e. The van der Waals surface area contributed by atoms with E-state index in [4.69, 9.17) is 14.2 Å². The normalized spacial score (nSPS) is 13.6. The highest BCUT2D eigenvalue weighted by Crippen LogP contribution is 2.21. The lowest BCUT2D eigenvalue weighted by Crippen LogP contribution is -2.39. The fourth-order valence-corrected chi connectivity index (χ4v) is 2.96. The SMILES string of the molecule is CCCC[N+](C)(C)Cc1ccc(COC(=O)C(C)(COC)COC(C)=O)cc1. The fourth-order valence-electron chi connectivity index (χ4n) is 2.96. The Morgan fingerprint density at radius 2 is 1.64 bits per heavy atom. The van der Waals surface area contributed by atoms with Crippen molar-refractivity contribution in [1.29, 1.82) is 0 Å². The Labute approximate surface area is 169 Å². The smallest absolute Gasteiger partial charge is 0.317 e. The first-order chi connectivity index (χ1) is 13.1. The fraction of sp³-hybridized carbons (Fsp3) is 0.636. The Morgan fingerprint density at radius 1 is 1.04 bits per heavy atom. The summed E-state index contributed by atoms with van der Waals surface area (Å²) in [6, 6.07) is 8.15. The lowest BCUT2D eigenvalue weighted by Gasteiger charge is -2.30. The molecule has 0 saturated carbocycles. The van der Waals surface area contributed by atoms with Crippen LogP contribution < -0.4 is 0 Å². The van der Waals surface area contributed by atoms with Crippen LogP contribution in [0.4, 0.5) is 0 Å². The van der Waals surface area contributed by atoms with E-state index in [1.807, 2.05) is 12.1 Å². The van der Waals surface area contributed by atoms with Gasteiger partial charge in [-0.3, -0.25) is 9.59 Å². The van der Waals surface area contributed by atoms with Gasteiger partial charge in [-0.25, -0.2) is 0 Å². The molecule has 0 fully saturated rings. The molecule has 6 heteroatoms. The summed E-state index contributed by atoms with van der Waals surface area (Å²) in [7, 11) is 5.98. The first-order valence-electron chi connectivity index (χ1n) is 9.81. The molecule has 0 amide bonds. The third kappa shape index (κ3) is 8.40. The van der Waals surface area contributed by atoms with Crippen LogP contribution in [0.25, 0.3) is 0 Å². The molecule has 1 aromatic rings. The minimum atomic E-state index is -1.03. The van der Waals surface area contributed by atoms with Crippen LogP contribution in [0.1, 0.15) is 44.7 Å². The van der Waals surface area contributed by atoms with Crippen LogP contribution in [0, 0.1) is 5.41 Å². The molecule has 158 valence electrons. The van der Waals surface area contributed by atoms with E-state index in [0.717, 1.165) is 23.1 Å². The summed E-state index contributed by atoms with van der Waals surface area (Å²) in [5, 5.41) is 0. The van der Waals surface area contributed by atoms with E-state index < -0.39 is 17.4 Å². The van der Waals surface area contributed by atoms with Crippen LogP contribution in [0.15, 0.2) is 24.3 Å². The molecule has 0 saturated heterocycles. The predicted octanol–water partition coefficient (Wildman–Crippen LogP) is 3.32. The summed E-state index contributed by atoms with van der Waals surface area (Å²) in [5.74, 6) is -0.886. The molecule has 1 atom stereocenters. The number of methoxy groups -OCH3 is 1. The monoisotopic (exact) mass is 394 g/mol. The molecule has 0 aliphatic heterocycles. The molecule has 0 aliphatic rings.